The molecule has 1 aliphatic carbocycles. The monoisotopic (exact) mass is 313 g/mol. The van der Waals surface area contributed by atoms with E-state index in [0.717, 1.165) is 18.2 Å². The molecule has 23 heavy (non-hydrogen) atoms. The third-order valence-electron chi connectivity index (χ3n) is 5.16. The normalized spacial score (nSPS) is 24.5. The van der Waals surface area contributed by atoms with Crippen molar-refractivity contribution in [1.82, 2.24) is 15.5 Å². The Morgan fingerprint density at radius 2 is 2.00 bits per heavy atom. The second-order valence-electron chi connectivity index (χ2n) is 6.66. The highest BCUT2D eigenvalue weighted by molar-refractivity contribution is 5.88. The molecule has 1 aliphatic rings. The molecule has 1 amide bonds. The summed E-state index contributed by atoms with van der Waals surface area (Å²) in [6.45, 7) is 4.46. The summed E-state index contributed by atoms with van der Waals surface area (Å²) in [5.74, 6) is 1.11. The van der Waals surface area contributed by atoms with Crippen LogP contribution in [-0.4, -0.2) is 22.1 Å². The molecule has 3 rings (SSSR count). The number of hydrogen-bond donors (Lipinski definition) is 2. The first-order valence-electron chi connectivity index (χ1n) is 8.32. The number of aromatic nitrogens is 2. The van der Waals surface area contributed by atoms with Gasteiger partial charge in [-0.25, -0.2) is 5.10 Å². The average Bonchev–Trinajstić information content (AvgIpc) is 2.55. The molecule has 3 unspecified atom stereocenters. The van der Waals surface area contributed by atoms with Gasteiger partial charge in [-0.15, -0.1) is 0 Å². The summed E-state index contributed by atoms with van der Waals surface area (Å²) in [6, 6.07) is 7.50. The van der Waals surface area contributed by atoms with E-state index >= 15 is 0 Å². The zero-order valence-corrected chi connectivity index (χ0v) is 13.6. The molecular formula is C18H23N3O2. The number of hydrogen-bond acceptors (Lipinski definition) is 3. The van der Waals surface area contributed by atoms with E-state index in [1.165, 1.54) is 6.42 Å². The molecule has 122 valence electrons. The Balaban J connectivity index is 1.76. The molecule has 1 aromatic carbocycles. The van der Waals surface area contributed by atoms with Crippen LogP contribution in [0.3, 0.4) is 0 Å². The third kappa shape index (κ3) is 3.28. The smallest absolute Gasteiger partial charge is 0.272 e. The van der Waals surface area contributed by atoms with E-state index < -0.39 is 0 Å². The molecule has 1 fully saturated rings. The Labute approximate surface area is 135 Å². The number of nitrogens with zero attached hydrogens (tertiary/aromatic N) is 1. The van der Waals surface area contributed by atoms with Crippen LogP contribution in [-0.2, 0) is 11.2 Å². The number of aromatic amines is 1. The highest BCUT2D eigenvalue weighted by Crippen LogP contribution is 2.29. The quantitative estimate of drug-likeness (QED) is 0.913. The average molecular weight is 313 g/mol. The fourth-order valence-corrected chi connectivity index (χ4v) is 3.50. The maximum absolute atomic E-state index is 12.4. The molecule has 1 aromatic heterocycles. The second kappa shape index (κ2) is 6.52. The fourth-order valence-electron chi connectivity index (χ4n) is 3.50. The summed E-state index contributed by atoms with van der Waals surface area (Å²) >= 11 is 0. The maximum atomic E-state index is 12.4. The molecule has 1 heterocycles. The number of benzene rings is 1. The van der Waals surface area contributed by atoms with E-state index in [2.05, 4.69) is 29.4 Å². The van der Waals surface area contributed by atoms with Gasteiger partial charge in [0.2, 0.25) is 5.91 Å². The molecule has 5 nitrogen and oxygen atoms in total. The van der Waals surface area contributed by atoms with Crippen LogP contribution in [0, 0.1) is 11.8 Å². The first-order valence-corrected chi connectivity index (χ1v) is 8.32. The molecule has 2 N–H and O–H groups in total. The maximum Gasteiger partial charge on any atom is 0.272 e. The topological polar surface area (TPSA) is 74.8 Å². The molecule has 0 radical (unpaired) electrons. The lowest BCUT2D eigenvalue weighted by molar-refractivity contribution is -0.121. The van der Waals surface area contributed by atoms with Gasteiger partial charge in [0.05, 0.1) is 17.5 Å². The van der Waals surface area contributed by atoms with Crippen molar-refractivity contribution in [3.63, 3.8) is 0 Å². The Morgan fingerprint density at radius 1 is 1.26 bits per heavy atom. The van der Waals surface area contributed by atoms with Crippen LogP contribution >= 0.6 is 0 Å². The van der Waals surface area contributed by atoms with Crippen molar-refractivity contribution in [2.24, 2.45) is 11.8 Å². The number of rotatable bonds is 3. The predicted molar refractivity (Wildman–Crippen MR) is 90.2 cm³/mol. The first kappa shape index (κ1) is 15.7. The van der Waals surface area contributed by atoms with Gasteiger partial charge in [0.15, 0.2) is 0 Å². The molecule has 1 saturated carbocycles. The van der Waals surface area contributed by atoms with E-state index in [1.54, 1.807) is 6.07 Å². The first-order chi connectivity index (χ1) is 11.1. The van der Waals surface area contributed by atoms with Crippen LogP contribution in [0.4, 0.5) is 0 Å². The molecule has 3 atom stereocenters. The Bertz CT molecular complexity index is 768. The largest absolute Gasteiger partial charge is 0.353 e. The lowest BCUT2D eigenvalue weighted by atomic mass is 9.78. The van der Waals surface area contributed by atoms with Gasteiger partial charge in [-0.3, -0.25) is 9.59 Å². The fraction of sp³-hybridized carbons (Fsp3) is 0.500. The Hall–Kier alpha value is -2.17. The zero-order valence-electron chi connectivity index (χ0n) is 13.6. The molecule has 0 bridgehead atoms. The summed E-state index contributed by atoms with van der Waals surface area (Å²) in [5, 5.41) is 11.0. The SMILES string of the molecule is CC1CCCC(NC(=O)Cc2n[nH]c(=O)c3ccccc23)C1C. The molecule has 2 aromatic rings. The summed E-state index contributed by atoms with van der Waals surface area (Å²) in [4.78, 5) is 24.2. The molecule has 0 spiro atoms. The number of amides is 1. The molecule has 0 saturated heterocycles. The van der Waals surface area contributed by atoms with E-state index in [0.29, 0.717) is 22.9 Å². The van der Waals surface area contributed by atoms with Crippen LogP contribution in [0.25, 0.3) is 10.8 Å². The standard InChI is InChI=1S/C18H23N3O2/c1-11-6-5-9-15(12(11)2)19-17(22)10-16-13-7-3-4-8-14(13)18(23)21-20-16/h3-4,7-8,11-12,15H,5-6,9-10H2,1-2H3,(H,19,22)(H,21,23). The van der Waals surface area contributed by atoms with Crippen LogP contribution in [0.15, 0.2) is 29.1 Å². The van der Waals surface area contributed by atoms with Crippen molar-refractivity contribution in [2.75, 3.05) is 0 Å². The minimum absolute atomic E-state index is 0.0272. The van der Waals surface area contributed by atoms with Crippen molar-refractivity contribution < 1.29 is 4.79 Å². The minimum Gasteiger partial charge on any atom is -0.353 e. The van der Waals surface area contributed by atoms with Gasteiger partial charge in [0, 0.05) is 11.4 Å². The van der Waals surface area contributed by atoms with Crippen LogP contribution < -0.4 is 10.9 Å². The van der Waals surface area contributed by atoms with Crippen LogP contribution in [0.2, 0.25) is 0 Å². The van der Waals surface area contributed by atoms with Crippen molar-refractivity contribution >= 4 is 16.7 Å². The molecular weight excluding hydrogens is 290 g/mol. The van der Waals surface area contributed by atoms with Gasteiger partial charge in [-0.2, -0.15) is 5.10 Å². The number of fused-ring (bicyclic) bond motifs is 1. The Kier molecular flexibility index (Phi) is 4.46. The van der Waals surface area contributed by atoms with Gasteiger partial charge < -0.3 is 5.32 Å². The lowest BCUT2D eigenvalue weighted by Gasteiger charge is -2.34. The van der Waals surface area contributed by atoms with Gasteiger partial charge in [0.25, 0.3) is 5.56 Å². The molecule has 5 heteroatoms. The summed E-state index contributed by atoms with van der Waals surface area (Å²) in [6.07, 6.45) is 3.63. The second-order valence-corrected chi connectivity index (χ2v) is 6.66. The van der Waals surface area contributed by atoms with E-state index in [4.69, 9.17) is 0 Å². The van der Waals surface area contributed by atoms with Gasteiger partial charge in [-0.05, 0) is 24.3 Å². The van der Waals surface area contributed by atoms with Gasteiger partial charge in [-0.1, -0.05) is 44.9 Å². The van der Waals surface area contributed by atoms with Crippen molar-refractivity contribution in [3.05, 3.63) is 40.3 Å². The number of nitrogens with one attached hydrogen (secondary N) is 2. The van der Waals surface area contributed by atoms with E-state index in [1.807, 2.05) is 18.2 Å². The van der Waals surface area contributed by atoms with E-state index in [-0.39, 0.29) is 23.9 Å². The predicted octanol–water partition coefficient (Wildman–Crippen LogP) is 2.41. The van der Waals surface area contributed by atoms with Crippen molar-refractivity contribution in [1.29, 1.82) is 0 Å². The number of H-pyrrole nitrogens is 1. The lowest BCUT2D eigenvalue weighted by Crippen LogP contribution is -2.44. The highest BCUT2D eigenvalue weighted by Gasteiger charge is 2.28. The minimum atomic E-state index is -0.223. The summed E-state index contributed by atoms with van der Waals surface area (Å²) in [5.41, 5.74) is 0.397. The zero-order chi connectivity index (χ0) is 16.4. The highest BCUT2D eigenvalue weighted by atomic mass is 16.1. The number of carbonyl (C=O) groups excluding carboxylic acids is 1. The molecule has 0 aliphatic heterocycles. The summed E-state index contributed by atoms with van der Waals surface area (Å²) < 4.78 is 0. The van der Waals surface area contributed by atoms with Gasteiger partial charge >= 0.3 is 0 Å². The van der Waals surface area contributed by atoms with E-state index in [9.17, 15) is 9.59 Å². The van der Waals surface area contributed by atoms with Crippen molar-refractivity contribution in [2.45, 2.75) is 45.6 Å². The van der Waals surface area contributed by atoms with Crippen LogP contribution in [0.5, 0.6) is 0 Å². The van der Waals surface area contributed by atoms with Crippen LogP contribution in [0.1, 0.15) is 38.8 Å². The summed E-state index contributed by atoms with van der Waals surface area (Å²) in [7, 11) is 0. The Morgan fingerprint density at radius 3 is 2.78 bits per heavy atom. The third-order valence-corrected chi connectivity index (χ3v) is 5.16. The van der Waals surface area contributed by atoms with Crippen molar-refractivity contribution in [3.8, 4) is 0 Å². The number of carbonyl (C=O) groups is 1. The van der Waals surface area contributed by atoms with Gasteiger partial charge in [0.1, 0.15) is 0 Å².